The number of aryl methyl sites for hydroxylation is 1. The van der Waals surface area contributed by atoms with Crippen LogP contribution in [0.5, 0.6) is 17.2 Å². The van der Waals surface area contributed by atoms with Crippen molar-refractivity contribution >= 4 is 50.8 Å². The molecular formula is C43H51N3O12. The molecule has 58 heavy (non-hydrogen) atoms. The van der Waals surface area contributed by atoms with Gasteiger partial charge in [0.2, 0.25) is 0 Å². The number of hydrogen-bond acceptors (Lipinski definition) is 13. The summed E-state index contributed by atoms with van der Waals surface area (Å²) in [5, 5.41) is 49.7. The van der Waals surface area contributed by atoms with E-state index in [1.807, 2.05) is 13.0 Å². The van der Waals surface area contributed by atoms with Gasteiger partial charge >= 0.3 is 11.8 Å². The van der Waals surface area contributed by atoms with Crippen LogP contribution in [-0.4, -0.2) is 97.0 Å². The van der Waals surface area contributed by atoms with Crippen molar-refractivity contribution in [2.45, 2.75) is 105 Å². The fourth-order valence-electron chi connectivity index (χ4n) is 8.68. The van der Waals surface area contributed by atoms with E-state index in [0.29, 0.717) is 5.65 Å². The maximum Gasteiger partial charge on any atom is 0.312 e. The standard InChI is InChI=1S/C43H51N3O12/c1-17-11-13-46-27(15-17)44-31-28-29-36(50)23(7)40-30(28)41(52)43(9,58-40)55-14-12-25(54-10)19(3)38(56-24(8)47)21(5)34(48)20(4)35(49)22(6)39-26(57-39)16-18(2)42(53)45-32(33(31)46)37(29)51/h11-16,19-22,25-26,34-35,38-39,48-51H,1-10H3,(H,45,53)/b14-12+,18-16-/t19-,20+,21-,22-,25+,26?,34-,35-,38-,39?,43+/m1/s1. The van der Waals surface area contributed by atoms with Crippen molar-refractivity contribution in [1.82, 2.24) is 9.38 Å². The normalized spacial score (nSPS) is 33.3. The number of ether oxygens (including phenoxy) is 5. The Balaban J connectivity index is 1.42. The minimum atomic E-state index is -1.96. The van der Waals surface area contributed by atoms with E-state index < -0.39 is 89.5 Å². The summed E-state index contributed by atoms with van der Waals surface area (Å²) < 4.78 is 31.5. The van der Waals surface area contributed by atoms with E-state index in [9.17, 15) is 34.8 Å². The third kappa shape index (κ3) is 6.63. The van der Waals surface area contributed by atoms with Crippen molar-refractivity contribution in [3.8, 4) is 17.2 Å². The van der Waals surface area contributed by atoms with Crippen molar-refractivity contribution in [2.24, 2.45) is 23.7 Å². The lowest BCUT2D eigenvalue weighted by atomic mass is 9.77. The van der Waals surface area contributed by atoms with Gasteiger partial charge in [-0.15, -0.1) is 0 Å². The van der Waals surface area contributed by atoms with Gasteiger partial charge in [0.15, 0.2) is 5.75 Å². The summed E-state index contributed by atoms with van der Waals surface area (Å²) >= 11 is 0. The fraction of sp³-hybridized carbons (Fsp3) is 0.488. The highest BCUT2D eigenvalue weighted by atomic mass is 16.7. The maximum absolute atomic E-state index is 14.6. The van der Waals surface area contributed by atoms with Gasteiger partial charge in [-0.3, -0.25) is 18.8 Å². The summed E-state index contributed by atoms with van der Waals surface area (Å²) in [6.07, 6.45) is 1.30. The van der Waals surface area contributed by atoms with Crippen LogP contribution < -0.4 is 10.1 Å². The predicted molar refractivity (Wildman–Crippen MR) is 213 cm³/mol. The molecule has 11 atom stereocenters. The Hall–Kier alpha value is -5.22. The lowest BCUT2D eigenvalue weighted by Gasteiger charge is -2.38. The average molecular weight is 802 g/mol. The predicted octanol–water partition coefficient (Wildman–Crippen LogP) is 5.37. The van der Waals surface area contributed by atoms with Crippen LogP contribution in [0.2, 0.25) is 0 Å². The lowest BCUT2D eigenvalue weighted by Crippen LogP contribution is -2.47. The number of imidazole rings is 1. The van der Waals surface area contributed by atoms with Gasteiger partial charge in [-0.2, -0.15) is 0 Å². The maximum atomic E-state index is 14.6. The number of phenols is 2. The fourth-order valence-corrected chi connectivity index (χ4v) is 8.68. The Morgan fingerprint density at radius 1 is 0.983 bits per heavy atom. The molecule has 2 unspecified atom stereocenters. The molecule has 15 nitrogen and oxygen atoms in total. The molecule has 1 fully saturated rings. The van der Waals surface area contributed by atoms with Crippen LogP contribution in [0.4, 0.5) is 5.69 Å². The van der Waals surface area contributed by atoms with E-state index in [2.05, 4.69) is 5.32 Å². The zero-order valence-electron chi connectivity index (χ0n) is 34.2. The Bertz CT molecular complexity index is 2420. The number of amides is 1. The number of anilines is 1. The summed E-state index contributed by atoms with van der Waals surface area (Å²) in [5.74, 6) is -7.02. The van der Waals surface area contributed by atoms with Gasteiger partial charge in [0, 0.05) is 67.3 Å². The average Bonchev–Trinajstić information content (AvgIpc) is 3.77. The highest BCUT2D eigenvalue weighted by molar-refractivity contribution is 6.28. The van der Waals surface area contributed by atoms with Crippen LogP contribution in [0.3, 0.4) is 0 Å². The molecule has 0 saturated carbocycles. The smallest absolute Gasteiger partial charge is 0.312 e. The number of Topliss-reactive ketones (excluding diaryl/α,β-unsaturated/α-hetero) is 1. The second-order valence-corrected chi connectivity index (χ2v) is 16.3. The number of fused-ring (bicyclic) bond motifs is 12. The highest BCUT2D eigenvalue weighted by Crippen LogP contribution is 2.54. The van der Waals surface area contributed by atoms with Gasteiger partial charge in [0.1, 0.15) is 46.1 Å². The first-order chi connectivity index (χ1) is 27.3. The van der Waals surface area contributed by atoms with E-state index in [1.54, 1.807) is 57.4 Å². The Morgan fingerprint density at radius 2 is 1.67 bits per heavy atom. The molecule has 8 rings (SSSR count). The zero-order chi connectivity index (χ0) is 42.3. The number of aromatic nitrogens is 2. The quantitative estimate of drug-likeness (QED) is 0.0982. The van der Waals surface area contributed by atoms with Crippen LogP contribution in [0.1, 0.15) is 70.0 Å². The third-order valence-electron chi connectivity index (χ3n) is 12.3. The molecule has 2 aromatic heterocycles. The van der Waals surface area contributed by atoms with Crippen LogP contribution in [0.15, 0.2) is 42.3 Å². The summed E-state index contributed by atoms with van der Waals surface area (Å²) in [7, 11) is 1.46. The second kappa shape index (κ2) is 14.9. The highest BCUT2D eigenvalue weighted by Gasteiger charge is 2.50. The number of phenolic OH excluding ortho intramolecular Hbond substituents is 2. The molecule has 6 heterocycles. The summed E-state index contributed by atoms with van der Waals surface area (Å²) in [6.45, 7) is 14.7. The number of epoxide rings is 1. The molecule has 4 aromatic rings. The Labute approximate surface area is 335 Å². The number of hydrogen-bond donors (Lipinski definition) is 5. The number of rotatable bonds is 2. The van der Waals surface area contributed by atoms with Crippen molar-refractivity contribution in [3.05, 3.63) is 59.0 Å². The molecule has 0 radical (unpaired) electrons. The molecule has 0 aliphatic carbocycles. The first kappa shape index (κ1) is 41.0. The van der Waals surface area contributed by atoms with Gasteiger partial charge in [-0.25, -0.2) is 4.98 Å². The van der Waals surface area contributed by atoms with E-state index >= 15 is 0 Å². The number of nitrogens with one attached hydrogen (secondary N) is 1. The molecule has 1 saturated heterocycles. The van der Waals surface area contributed by atoms with Crippen molar-refractivity contribution in [2.75, 3.05) is 12.4 Å². The topological polar surface area (TPSA) is 211 Å². The molecule has 5 N–H and O–H groups in total. The van der Waals surface area contributed by atoms with Gasteiger partial charge in [0.05, 0.1) is 41.6 Å². The van der Waals surface area contributed by atoms with E-state index in [4.69, 9.17) is 28.7 Å². The van der Waals surface area contributed by atoms with Crippen LogP contribution in [-0.2, 0) is 28.5 Å². The van der Waals surface area contributed by atoms with Crippen LogP contribution in [0.25, 0.3) is 27.5 Å². The van der Waals surface area contributed by atoms with Crippen molar-refractivity contribution < 1.29 is 58.5 Å². The van der Waals surface area contributed by atoms with E-state index in [0.717, 1.165) is 5.56 Å². The number of methoxy groups -OCH3 is 1. The van der Waals surface area contributed by atoms with Gasteiger partial charge in [0.25, 0.3) is 11.7 Å². The zero-order valence-corrected chi connectivity index (χ0v) is 34.2. The number of esters is 1. The lowest BCUT2D eigenvalue weighted by molar-refractivity contribution is -0.160. The number of carbonyl (C=O) groups excluding carboxylic acids is 3. The largest absolute Gasteiger partial charge is 0.507 e. The Morgan fingerprint density at radius 3 is 2.34 bits per heavy atom. The molecule has 1 amide bonds. The molecule has 310 valence electrons. The minimum absolute atomic E-state index is 0.0155. The molecule has 4 aliphatic heterocycles. The SMILES string of the molecule is CO[C@H]1/C=C/O[C@@]2(C)Oc3c(C)c(O)c4c(O)c(c5c(nc6cc(C)ccn65)c4c3C2=O)NC(=O)/C(C)=C\C2OC2[C@H](C)[C@H](O)[C@@H](C)[C@@H](O)[C@@H](C)[C@H](OC(C)=O)[C@@H]1C. The number of pyridine rings is 1. The molecule has 0 spiro atoms. The number of carbonyl (C=O) groups is 3. The second-order valence-electron chi connectivity index (χ2n) is 16.3. The van der Waals surface area contributed by atoms with Crippen LogP contribution in [0, 0.1) is 37.5 Å². The molecule has 15 heteroatoms. The summed E-state index contributed by atoms with van der Waals surface area (Å²) in [5.41, 5.74) is 2.16. The summed E-state index contributed by atoms with van der Waals surface area (Å²) in [4.78, 5) is 45.8. The van der Waals surface area contributed by atoms with Crippen molar-refractivity contribution in [3.63, 3.8) is 0 Å². The van der Waals surface area contributed by atoms with Gasteiger partial charge < -0.3 is 49.4 Å². The molecule has 5 bridgehead atoms. The van der Waals surface area contributed by atoms with Gasteiger partial charge in [-0.05, 0) is 50.6 Å². The molecule has 4 aliphatic rings. The Kier molecular flexibility index (Phi) is 10.5. The number of aromatic hydroxyl groups is 2. The van der Waals surface area contributed by atoms with Crippen LogP contribution >= 0.6 is 0 Å². The first-order valence-corrected chi connectivity index (χ1v) is 19.4. The number of aliphatic hydroxyl groups excluding tert-OH is 2. The van der Waals surface area contributed by atoms with Crippen molar-refractivity contribution in [1.29, 1.82) is 0 Å². The monoisotopic (exact) mass is 801 g/mol. The van der Waals surface area contributed by atoms with E-state index in [1.165, 1.54) is 40.2 Å². The van der Waals surface area contributed by atoms with Gasteiger partial charge in [-0.1, -0.05) is 27.7 Å². The van der Waals surface area contributed by atoms with E-state index in [-0.39, 0.29) is 55.7 Å². The minimum Gasteiger partial charge on any atom is -0.507 e. The number of benzene rings is 2. The number of aliphatic hydroxyl groups is 2. The molecule has 2 aromatic carbocycles. The first-order valence-electron chi connectivity index (χ1n) is 19.4. The third-order valence-corrected chi connectivity index (χ3v) is 12.3. The number of ketones is 1. The summed E-state index contributed by atoms with van der Waals surface area (Å²) in [6, 6.07) is 3.64. The molecular weight excluding hydrogens is 750 g/mol. The number of nitrogens with zero attached hydrogens (tertiary/aromatic N) is 2.